The molecule has 7 N–H and O–H groups in total. The first-order chi connectivity index (χ1) is 35.6. The largest absolute Gasteiger partial charge is 0.506 e. The number of rotatable bonds is 14. The lowest BCUT2D eigenvalue weighted by Gasteiger charge is -2.34. The van der Waals surface area contributed by atoms with Gasteiger partial charge in [-0.3, -0.25) is 13.9 Å². The molecule has 2 unspecified atom stereocenters. The highest BCUT2D eigenvalue weighted by Gasteiger charge is 2.46. The molecule has 16 heteroatoms. The minimum atomic E-state index is -4.74. The van der Waals surface area contributed by atoms with E-state index in [2.05, 4.69) is 17.6 Å². The van der Waals surface area contributed by atoms with Crippen molar-refractivity contribution in [3.63, 3.8) is 0 Å². The van der Waals surface area contributed by atoms with E-state index in [-0.39, 0.29) is 56.5 Å². The number of ketones is 1. The summed E-state index contributed by atoms with van der Waals surface area (Å²) in [5, 5.41) is 22.4. The molecule has 1 spiro atoms. The van der Waals surface area contributed by atoms with Gasteiger partial charge in [-0.2, -0.15) is 16.8 Å². The second kappa shape index (κ2) is 17.6. The summed E-state index contributed by atoms with van der Waals surface area (Å²) in [5.41, 5.74) is 14.5. The number of nitrogen functional groups attached to an aromatic ring is 1. The zero-order chi connectivity index (χ0) is 51.3. The summed E-state index contributed by atoms with van der Waals surface area (Å²) < 4.78 is 80.5. The summed E-state index contributed by atoms with van der Waals surface area (Å²) in [6.07, 6.45) is 2.45. The Morgan fingerprint density at radius 2 is 1.39 bits per heavy atom. The summed E-state index contributed by atoms with van der Waals surface area (Å²) in [5.74, 6) is 0.0590. The summed E-state index contributed by atoms with van der Waals surface area (Å²) in [7, 11) is -8.82. The number of anilines is 3. The number of nitrogens with one attached hydrogen (secondary N) is 2. The Kier molecular flexibility index (Phi) is 11.2. The van der Waals surface area contributed by atoms with E-state index < -0.39 is 37.7 Å². The number of aliphatic hydroxyl groups is 1. The Balaban J connectivity index is 1.04. The molecule has 1 aliphatic heterocycles. The lowest BCUT2D eigenvalue weighted by atomic mass is 9.80. The van der Waals surface area contributed by atoms with Crippen LogP contribution >= 0.6 is 0 Å². The summed E-state index contributed by atoms with van der Waals surface area (Å²) >= 11 is 0. The van der Waals surface area contributed by atoms with E-state index >= 15 is 4.79 Å². The van der Waals surface area contributed by atoms with Gasteiger partial charge in [-0.05, 0) is 100 Å². The summed E-state index contributed by atoms with van der Waals surface area (Å²) in [6.45, 7) is 2.83. The molecule has 4 aliphatic rings. The number of aliphatic hydroxyl groups excluding tert-OH is 1. The maximum atomic E-state index is 15.3. The number of hydrogen-bond donors (Lipinski definition) is 6. The monoisotopic (exact) mass is 1020 g/mol. The number of allylic oxidation sites excluding steroid dienone is 2. The molecule has 3 aliphatic carbocycles. The van der Waals surface area contributed by atoms with Gasteiger partial charge in [-0.25, -0.2) is 4.99 Å². The number of nitrogens with two attached hydrogens (primary N) is 1. The Bertz CT molecular complexity index is 4160. The van der Waals surface area contributed by atoms with Crippen molar-refractivity contribution in [1.82, 2.24) is 0 Å². The van der Waals surface area contributed by atoms with Crippen molar-refractivity contribution >= 4 is 75.8 Å². The second-order valence-corrected chi connectivity index (χ2v) is 22.0. The van der Waals surface area contributed by atoms with Crippen molar-refractivity contribution in [3.05, 3.63) is 184 Å². The molecule has 8 aromatic carbocycles. The molecular formula is C58H48N4O10S2. The second-order valence-electron chi connectivity index (χ2n) is 19.0. The van der Waals surface area contributed by atoms with Crippen LogP contribution in [0.15, 0.2) is 155 Å². The van der Waals surface area contributed by atoms with Gasteiger partial charge in [0.1, 0.15) is 22.2 Å². The van der Waals surface area contributed by atoms with Gasteiger partial charge in [0.2, 0.25) is 5.78 Å². The Morgan fingerprint density at radius 3 is 2.16 bits per heavy atom. The normalized spacial score (nSPS) is 17.8. The SMILES string of the molecule is CCCCOc1ccc2c(c1)C1(N=c3c(=C4C(=O)C(c5ccc6cccc(N)c6c5NC5c6ccccc6-c6ccc(OCCCCS(=O)(=O)O)cc65)=C4O)ccc4c(S(=O)(=O)O)ccc(c34)N1)c1ccccc1-2. The average Bonchev–Trinajstić information content (AvgIpc) is 3.82. The Morgan fingerprint density at radius 1 is 0.689 bits per heavy atom. The van der Waals surface area contributed by atoms with Crippen molar-refractivity contribution in [1.29, 1.82) is 0 Å². The zero-order valence-electron chi connectivity index (χ0n) is 39.8. The summed E-state index contributed by atoms with van der Waals surface area (Å²) in [4.78, 5) is 20.4. The molecule has 12 rings (SSSR count). The average molecular weight is 1030 g/mol. The van der Waals surface area contributed by atoms with E-state index in [0.717, 1.165) is 62.7 Å². The number of unbranched alkanes of at least 4 members (excludes halogenated alkanes) is 2. The van der Waals surface area contributed by atoms with E-state index in [0.29, 0.717) is 57.9 Å². The minimum Gasteiger partial charge on any atom is -0.506 e. The number of hydrogen-bond acceptors (Lipinski definition) is 12. The fourth-order valence-electron chi connectivity index (χ4n) is 11.2. The van der Waals surface area contributed by atoms with Crippen LogP contribution in [0.5, 0.6) is 11.5 Å². The van der Waals surface area contributed by atoms with Crippen molar-refractivity contribution in [3.8, 4) is 33.8 Å². The van der Waals surface area contributed by atoms with Gasteiger partial charge in [-0.15, -0.1) is 0 Å². The van der Waals surface area contributed by atoms with Crippen LogP contribution in [0.25, 0.3) is 54.9 Å². The first-order valence-electron chi connectivity index (χ1n) is 24.4. The highest BCUT2D eigenvalue weighted by atomic mass is 32.2. The van der Waals surface area contributed by atoms with Crippen LogP contribution in [0.2, 0.25) is 0 Å². The standard InChI is InChI=1S/C58H48N4O10S2/c1-2-3-27-71-34-19-22-38-37-13-6-7-15-44(37)58(45(38)31-34)61-47-25-26-48(74(68,69)70)40-23-24-42(55(62-58)50(40)47)52-56(63)51(57(52)64)41-20-17-32-11-10-16-46(59)49(32)54(41)60-53-39-14-5-4-12-35(39)36-21-18-33(30-43(36)53)72-28-8-9-29-73(65,66)67/h4-7,10-26,30-31,53,60-61,63H,2-3,8-9,27-29,59H2,1H3,(H,65,66,67)(H,68,69,70). The number of ether oxygens (including phenoxy) is 2. The van der Waals surface area contributed by atoms with Crippen molar-refractivity contribution in [2.45, 2.75) is 49.2 Å². The lowest BCUT2D eigenvalue weighted by Crippen LogP contribution is -2.44. The van der Waals surface area contributed by atoms with Crippen LogP contribution in [0.1, 0.15) is 66.5 Å². The number of fused-ring (bicyclic) bond motifs is 9. The van der Waals surface area contributed by atoms with Gasteiger partial charge in [0, 0.05) is 49.4 Å². The Hall–Kier alpha value is -8.02. The molecule has 0 saturated heterocycles. The van der Waals surface area contributed by atoms with Crippen LogP contribution in [-0.2, 0) is 30.7 Å². The lowest BCUT2D eigenvalue weighted by molar-refractivity contribution is -0.109. The molecule has 2 atom stereocenters. The van der Waals surface area contributed by atoms with Crippen molar-refractivity contribution in [2.75, 3.05) is 35.3 Å². The van der Waals surface area contributed by atoms with Crippen LogP contribution in [0, 0.1) is 0 Å². The highest BCUT2D eigenvalue weighted by molar-refractivity contribution is 7.86. The molecule has 0 radical (unpaired) electrons. The van der Waals surface area contributed by atoms with Crippen molar-refractivity contribution in [2.24, 2.45) is 4.99 Å². The summed E-state index contributed by atoms with van der Waals surface area (Å²) in [6, 6.07) is 42.2. The molecule has 372 valence electrons. The fourth-order valence-corrected chi connectivity index (χ4v) is 12.4. The van der Waals surface area contributed by atoms with E-state index in [4.69, 9.17) is 20.2 Å². The fraction of sp³-hybridized carbons (Fsp3) is 0.172. The van der Waals surface area contributed by atoms with Crippen LogP contribution in [0.3, 0.4) is 0 Å². The van der Waals surface area contributed by atoms with Crippen LogP contribution in [0.4, 0.5) is 17.1 Å². The molecule has 8 aromatic rings. The maximum absolute atomic E-state index is 15.3. The third-order valence-corrected chi connectivity index (χ3v) is 16.3. The molecule has 0 aromatic heterocycles. The molecule has 0 saturated carbocycles. The molecule has 1 heterocycles. The number of benzene rings is 8. The molecule has 0 amide bonds. The van der Waals surface area contributed by atoms with Crippen LogP contribution in [-0.4, -0.2) is 55.8 Å². The third kappa shape index (κ3) is 7.58. The van der Waals surface area contributed by atoms with Crippen LogP contribution < -0.4 is 36.4 Å². The maximum Gasteiger partial charge on any atom is 0.295 e. The zero-order valence-corrected chi connectivity index (χ0v) is 41.5. The molecule has 74 heavy (non-hydrogen) atoms. The Labute approximate surface area is 426 Å². The molecule has 0 bridgehead atoms. The predicted octanol–water partition coefficient (Wildman–Crippen LogP) is 9.86. The first kappa shape index (κ1) is 47.0. The smallest absolute Gasteiger partial charge is 0.295 e. The van der Waals surface area contributed by atoms with E-state index in [1.165, 1.54) is 12.1 Å². The topological polar surface area (TPSA) is 227 Å². The number of Topliss-reactive ketones (excluding diaryl/α,β-unsaturated/α-hetero) is 1. The van der Waals surface area contributed by atoms with E-state index in [9.17, 15) is 31.0 Å². The highest BCUT2D eigenvalue weighted by Crippen LogP contribution is 2.53. The number of carbonyl (C=O) groups excluding carboxylic acids is 1. The van der Waals surface area contributed by atoms with Gasteiger partial charge < -0.3 is 30.9 Å². The van der Waals surface area contributed by atoms with E-state index in [1.54, 1.807) is 24.3 Å². The van der Waals surface area contributed by atoms with Gasteiger partial charge in [0.25, 0.3) is 20.2 Å². The van der Waals surface area contributed by atoms with Crippen molar-refractivity contribution < 1.29 is 45.3 Å². The third-order valence-electron chi connectivity index (χ3n) is 14.5. The molecular weight excluding hydrogens is 977 g/mol. The van der Waals surface area contributed by atoms with Gasteiger partial charge >= 0.3 is 0 Å². The minimum absolute atomic E-state index is 0.0221. The number of nitrogens with zero attached hydrogens (tertiary/aromatic N) is 1. The molecule has 0 fully saturated rings. The number of carbonyl (C=O) groups is 1. The van der Waals surface area contributed by atoms with Gasteiger partial charge in [0.05, 0.1) is 47.2 Å². The quantitative estimate of drug-likeness (QED) is 0.0339. The van der Waals surface area contributed by atoms with E-state index in [1.807, 2.05) is 103 Å². The first-order valence-corrected chi connectivity index (χ1v) is 27.4. The van der Waals surface area contributed by atoms with Gasteiger partial charge in [-0.1, -0.05) is 110 Å². The van der Waals surface area contributed by atoms with Gasteiger partial charge in [0.15, 0.2) is 5.66 Å². The predicted molar refractivity (Wildman–Crippen MR) is 286 cm³/mol. The molecule has 14 nitrogen and oxygen atoms in total.